The largest absolute Gasteiger partial charge is 0.256 e. The molecule has 0 aliphatic heterocycles. The van der Waals surface area contributed by atoms with Gasteiger partial charge in [0.1, 0.15) is 0 Å². The van der Waals surface area contributed by atoms with Gasteiger partial charge < -0.3 is 0 Å². The predicted octanol–water partition coefficient (Wildman–Crippen LogP) is 12.4. The van der Waals surface area contributed by atoms with Crippen molar-refractivity contribution in [3.8, 4) is 44.5 Å². The van der Waals surface area contributed by atoms with E-state index in [9.17, 15) is 0 Å². The molecule has 0 N–H and O–H groups in total. The molecule has 0 saturated heterocycles. The molecule has 214 valence electrons. The lowest BCUT2D eigenvalue weighted by atomic mass is 9.83. The third-order valence-electron chi connectivity index (χ3n) is 9.23. The first-order chi connectivity index (χ1) is 22.8. The van der Waals surface area contributed by atoms with E-state index >= 15 is 0 Å². The molecule has 8 aromatic carbocycles. The van der Waals surface area contributed by atoms with Crippen LogP contribution in [0.1, 0.15) is 0 Å². The van der Waals surface area contributed by atoms with E-state index in [-0.39, 0.29) is 0 Å². The van der Waals surface area contributed by atoms with E-state index < -0.39 is 0 Å². The zero-order valence-electron chi connectivity index (χ0n) is 25.2. The summed E-state index contributed by atoms with van der Waals surface area (Å²) in [6, 6.07) is 61.4. The summed E-state index contributed by atoms with van der Waals surface area (Å²) in [7, 11) is 0. The molecule has 0 fully saturated rings. The van der Waals surface area contributed by atoms with Gasteiger partial charge in [0.05, 0.1) is 5.52 Å². The standard InChI is InChI=1S/C45H29N/c1-3-13-30(14-4-1)35-26-36(31-15-5-2-6-16-31)28-37(27-35)43-38-19-9-10-20-39(38)44(34-24-23-32-17-7-8-18-33(32)25-34)45-40-21-11-12-22-42(40)46-29-41(43)45/h1-29H. The molecular formula is C45H29N. The highest BCUT2D eigenvalue weighted by atomic mass is 14.7. The van der Waals surface area contributed by atoms with Crippen LogP contribution in [0.15, 0.2) is 176 Å². The van der Waals surface area contributed by atoms with Gasteiger partial charge in [-0.1, -0.05) is 140 Å². The first-order valence-corrected chi connectivity index (χ1v) is 15.8. The number of benzene rings is 8. The highest BCUT2D eigenvalue weighted by Crippen LogP contribution is 2.47. The van der Waals surface area contributed by atoms with E-state index in [0.717, 1.165) is 16.3 Å². The summed E-state index contributed by atoms with van der Waals surface area (Å²) >= 11 is 0. The first kappa shape index (κ1) is 26.4. The summed E-state index contributed by atoms with van der Waals surface area (Å²) in [5, 5.41) is 8.50. The zero-order chi connectivity index (χ0) is 30.5. The van der Waals surface area contributed by atoms with E-state index in [1.165, 1.54) is 71.4 Å². The second-order valence-corrected chi connectivity index (χ2v) is 12.0. The topological polar surface area (TPSA) is 12.9 Å². The van der Waals surface area contributed by atoms with Crippen molar-refractivity contribution in [2.45, 2.75) is 0 Å². The van der Waals surface area contributed by atoms with Crippen LogP contribution >= 0.6 is 0 Å². The molecule has 0 aliphatic rings. The van der Waals surface area contributed by atoms with Crippen LogP contribution in [0.3, 0.4) is 0 Å². The Bertz CT molecular complexity index is 2510. The fourth-order valence-electron chi connectivity index (χ4n) is 7.12. The second-order valence-electron chi connectivity index (χ2n) is 12.0. The van der Waals surface area contributed by atoms with Crippen LogP contribution in [0.2, 0.25) is 0 Å². The Morgan fingerprint density at radius 1 is 0.304 bits per heavy atom. The smallest absolute Gasteiger partial charge is 0.0708 e. The van der Waals surface area contributed by atoms with Crippen LogP contribution in [-0.4, -0.2) is 4.98 Å². The number of pyridine rings is 1. The number of aromatic nitrogens is 1. The monoisotopic (exact) mass is 583 g/mol. The van der Waals surface area contributed by atoms with E-state index in [1.54, 1.807) is 0 Å². The summed E-state index contributed by atoms with van der Waals surface area (Å²) in [6.07, 6.45) is 2.10. The molecule has 0 amide bonds. The first-order valence-electron chi connectivity index (χ1n) is 15.8. The van der Waals surface area contributed by atoms with Crippen molar-refractivity contribution in [3.63, 3.8) is 0 Å². The van der Waals surface area contributed by atoms with Crippen molar-refractivity contribution in [1.29, 1.82) is 0 Å². The molecule has 9 aromatic rings. The summed E-state index contributed by atoms with van der Waals surface area (Å²) in [5.41, 5.74) is 10.7. The minimum Gasteiger partial charge on any atom is -0.256 e. The van der Waals surface area contributed by atoms with Crippen LogP contribution in [0, 0.1) is 0 Å². The number of rotatable bonds is 4. The quantitative estimate of drug-likeness (QED) is 0.148. The van der Waals surface area contributed by atoms with Crippen LogP contribution < -0.4 is 0 Å². The Hall–Kier alpha value is -6.05. The molecule has 0 aliphatic carbocycles. The average molecular weight is 584 g/mol. The van der Waals surface area contributed by atoms with E-state index in [0.29, 0.717) is 0 Å². The van der Waals surface area contributed by atoms with Crippen LogP contribution in [0.5, 0.6) is 0 Å². The maximum atomic E-state index is 5.05. The van der Waals surface area contributed by atoms with E-state index in [2.05, 4.69) is 176 Å². The maximum absolute atomic E-state index is 5.05. The second kappa shape index (κ2) is 10.8. The summed E-state index contributed by atoms with van der Waals surface area (Å²) in [5.74, 6) is 0. The number of para-hydroxylation sites is 1. The Morgan fingerprint density at radius 3 is 1.54 bits per heavy atom. The normalized spacial score (nSPS) is 11.5. The fourth-order valence-corrected chi connectivity index (χ4v) is 7.12. The summed E-state index contributed by atoms with van der Waals surface area (Å²) < 4.78 is 0. The molecular weight excluding hydrogens is 555 g/mol. The third-order valence-corrected chi connectivity index (χ3v) is 9.23. The van der Waals surface area contributed by atoms with Gasteiger partial charge in [0, 0.05) is 22.4 Å². The predicted molar refractivity (Wildman–Crippen MR) is 196 cm³/mol. The molecule has 0 spiro atoms. The highest BCUT2D eigenvalue weighted by Gasteiger charge is 2.20. The molecule has 1 aromatic heterocycles. The molecule has 0 atom stereocenters. The van der Waals surface area contributed by atoms with E-state index in [1.807, 2.05) is 0 Å². The van der Waals surface area contributed by atoms with Crippen molar-refractivity contribution in [1.82, 2.24) is 4.98 Å². The van der Waals surface area contributed by atoms with Gasteiger partial charge in [0.25, 0.3) is 0 Å². The Labute approximate surface area is 268 Å². The molecule has 46 heavy (non-hydrogen) atoms. The maximum Gasteiger partial charge on any atom is 0.0708 e. The SMILES string of the molecule is c1ccc(-c2cc(-c3ccccc3)cc(-c3c4ccccc4c(-c4ccc5ccccc5c4)c4c3cnc3ccccc34)c2)cc1. The van der Waals surface area contributed by atoms with Gasteiger partial charge in [0.2, 0.25) is 0 Å². The van der Waals surface area contributed by atoms with Crippen molar-refractivity contribution in [2.75, 3.05) is 0 Å². The van der Waals surface area contributed by atoms with Crippen molar-refractivity contribution >= 4 is 43.2 Å². The van der Waals surface area contributed by atoms with Crippen molar-refractivity contribution in [2.24, 2.45) is 0 Å². The van der Waals surface area contributed by atoms with Crippen LogP contribution in [-0.2, 0) is 0 Å². The van der Waals surface area contributed by atoms with Crippen molar-refractivity contribution in [3.05, 3.63) is 176 Å². The number of hydrogen-bond acceptors (Lipinski definition) is 1. The van der Waals surface area contributed by atoms with Gasteiger partial charge in [-0.2, -0.15) is 0 Å². The lowest BCUT2D eigenvalue weighted by Crippen LogP contribution is -1.94. The van der Waals surface area contributed by atoms with Gasteiger partial charge in [0.15, 0.2) is 0 Å². The molecule has 0 bridgehead atoms. The highest BCUT2D eigenvalue weighted by molar-refractivity contribution is 6.27. The minimum atomic E-state index is 1.00. The minimum absolute atomic E-state index is 1.00. The molecule has 9 rings (SSSR count). The lowest BCUT2D eigenvalue weighted by molar-refractivity contribution is 1.45. The zero-order valence-corrected chi connectivity index (χ0v) is 25.2. The van der Waals surface area contributed by atoms with Crippen molar-refractivity contribution < 1.29 is 0 Å². The summed E-state index contributed by atoms with van der Waals surface area (Å²) in [6.45, 7) is 0. The fraction of sp³-hybridized carbons (Fsp3) is 0. The van der Waals surface area contributed by atoms with E-state index in [4.69, 9.17) is 4.98 Å². The number of fused-ring (bicyclic) bond motifs is 5. The van der Waals surface area contributed by atoms with Crippen LogP contribution in [0.4, 0.5) is 0 Å². The molecule has 0 radical (unpaired) electrons. The molecule has 1 heterocycles. The lowest BCUT2D eigenvalue weighted by Gasteiger charge is -2.20. The van der Waals surface area contributed by atoms with Gasteiger partial charge in [-0.15, -0.1) is 0 Å². The summed E-state index contributed by atoms with van der Waals surface area (Å²) in [4.78, 5) is 5.05. The third kappa shape index (κ3) is 4.37. The van der Waals surface area contributed by atoms with Crippen LogP contribution in [0.25, 0.3) is 87.7 Å². The number of nitrogens with zero attached hydrogens (tertiary/aromatic N) is 1. The number of hydrogen-bond donors (Lipinski definition) is 0. The van der Waals surface area contributed by atoms with Gasteiger partial charge in [-0.3, -0.25) is 4.98 Å². The average Bonchev–Trinajstić information content (AvgIpc) is 3.14. The Balaban J connectivity index is 1.44. The van der Waals surface area contributed by atoms with Gasteiger partial charge in [-0.05, 0) is 96.4 Å². The molecule has 0 unspecified atom stereocenters. The van der Waals surface area contributed by atoms with Gasteiger partial charge >= 0.3 is 0 Å². The Morgan fingerprint density at radius 2 is 0.848 bits per heavy atom. The molecule has 1 heteroatoms. The Kier molecular flexibility index (Phi) is 6.21. The van der Waals surface area contributed by atoms with Gasteiger partial charge in [-0.25, -0.2) is 0 Å². The molecule has 1 nitrogen and oxygen atoms in total. The molecule has 0 saturated carbocycles.